The van der Waals surface area contributed by atoms with Gasteiger partial charge in [0.25, 0.3) is 5.91 Å². The monoisotopic (exact) mass is 406 g/mol. The van der Waals surface area contributed by atoms with E-state index in [1.807, 2.05) is 6.07 Å². The maximum Gasteiger partial charge on any atom is 0.340 e. The highest BCUT2D eigenvalue weighted by Crippen LogP contribution is 2.21. The molecule has 0 aliphatic carbocycles. The van der Waals surface area contributed by atoms with Crippen molar-refractivity contribution in [3.63, 3.8) is 0 Å². The van der Waals surface area contributed by atoms with Crippen molar-refractivity contribution in [2.75, 3.05) is 11.9 Å². The van der Waals surface area contributed by atoms with Gasteiger partial charge in [-0.3, -0.25) is 4.79 Å². The van der Waals surface area contributed by atoms with Crippen molar-refractivity contribution in [1.82, 2.24) is 0 Å². The molecule has 0 atom stereocenters. The number of anilines is 1. The normalized spacial score (nSPS) is 9.88. The summed E-state index contributed by atoms with van der Waals surface area (Å²) in [5.74, 6) is -1.15. The molecule has 7 heteroatoms. The number of nitrogens with zero attached hydrogens (tertiary/aromatic N) is 1. The second-order valence-corrected chi connectivity index (χ2v) is 6.10. The van der Waals surface area contributed by atoms with E-state index in [1.165, 1.54) is 6.07 Å². The molecule has 2 aromatic carbocycles. The summed E-state index contributed by atoms with van der Waals surface area (Å²) in [6.45, 7) is -0.429. The second-order valence-electron chi connectivity index (χ2n) is 4.78. The molecule has 0 heterocycles. The van der Waals surface area contributed by atoms with E-state index in [1.54, 1.807) is 36.4 Å². The number of amides is 1. The van der Waals surface area contributed by atoms with Crippen LogP contribution < -0.4 is 5.32 Å². The SMILES string of the molecule is N#CCc1ccc(NC(=O)COC(=O)c2cc(Br)ccc2Cl)cc1. The number of carbonyl (C=O) groups excluding carboxylic acids is 2. The highest BCUT2D eigenvalue weighted by Gasteiger charge is 2.14. The van der Waals surface area contributed by atoms with E-state index in [-0.39, 0.29) is 10.6 Å². The van der Waals surface area contributed by atoms with Crippen molar-refractivity contribution in [3.05, 3.63) is 63.1 Å². The van der Waals surface area contributed by atoms with Crippen LogP contribution in [0.3, 0.4) is 0 Å². The van der Waals surface area contributed by atoms with Crippen LogP contribution in [0.5, 0.6) is 0 Å². The number of hydrogen-bond acceptors (Lipinski definition) is 4. The van der Waals surface area contributed by atoms with Crippen LogP contribution in [0.2, 0.25) is 5.02 Å². The molecule has 0 saturated carbocycles. The van der Waals surface area contributed by atoms with Gasteiger partial charge in [-0.15, -0.1) is 0 Å². The van der Waals surface area contributed by atoms with E-state index in [0.717, 1.165) is 5.56 Å². The number of ether oxygens (including phenoxy) is 1. The summed E-state index contributed by atoms with van der Waals surface area (Å²) >= 11 is 9.17. The maximum absolute atomic E-state index is 12.0. The number of benzene rings is 2. The predicted octanol–water partition coefficient (Wildman–Crippen LogP) is 3.96. The molecule has 0 unspecified atom stereocenters. The van der Waals surface area contributed by atoms with Crippen LogP contribution in [-0.4, -0.2) is 18.5 Å². The minimum Gasteiger partial charge on any atom is -0.452 e. The van der Waals surface area contributed by atoms with E-state index in [9.17, 15) is 9.59 Å². The summed E-state index contributed by atoms with van der Waals surface area (Å²) in [5, 5.41) is 11.5. The number of nitriles is 1. The van der Waals surface area contributed by atoms with Gasteiger partial charge in [0.1, 0.15) is 0 Å². The van der Waals surface area contributed by atoms with E-state index < -0.39 is 18.5 Å². The first-order chi connectivity index (χ1) is 11.5. The molecule has 24 heavy (non-hydrogen) atoms. The Balaban J connectivity index is 1.89. The van der Waals surface area contributed by atoms with Gasteiger partial charge < -0.3 is 10.1 Å². The Morgan fingerprint density at radius 1 is 1.21 bits per heavy atom. The molecule has 2 aromatic rings. The molecule has 0 aliphatic rings. The minimum absolute atomic E-state index is 0.180. The maximum atomic E-state index is 12.0. The number of nitrogens with one attached hydrogen (secondary N) is 1. The first-order valence-corrected chi connectivity index (χ1v) is 8.04. The summed E-state index contributed by atoms with van der Waals surface area (Å²) in [6, 6.07) is 13.7. The number of rotatable bonds is 5. The molecule has 0 saturated heterocycles. The van der Waals surface area contributed by atoms with Gasteiger partial charge in [-0.1, -0.05) is 39.7 Å². The first kappa shape index (κ1) is 18.0. The molecule has 1 N–H and O–H groups in total. The van der Waals surface area contributed by atoms with E-state index in [4.69, 9.17) is 21.6 Å². The molecule has 5 nitrogen and oxygen atoms in total. The molecule has 122 valence electrons. The van der Waals surface area contributed by atoms with Gasteiger partial charge in [-0.25, -0.2) is 4.79 Å². The van der Waals surface area contributed by atoms with E-state index in [2.05, 4.69) is 21.2 Å². The highest BCUT2D eigenvalue weighted by molar-refractivity contribution is 9.10. The molecular weight excluding hydrogens is 396 g/mol. The van der Waals surface area contributed by atoms with Gasteiger partial charge >= 0.3 is 5.97 Å². The Kier molecular flexibility index (Phi) is 6.36. The van der Waals surface area contributed by atoms with Crippen molar-refractivity contribution >= 4 is 45.1 Å². The number of carbonyl (C=O) groups is 2. The van der Waals surface area contributed by atoms with E-state index >= 15 is 0 Å². The molecule has 0 aliphatic heterocycles. The zero-order valence-electron chi connectivity index (χ0n) is 12.4. The summed E-state index contributed by atoms with van der Waals surface area (Å²) in [7, 11) is 0. The van der Waals surface area contributed by atoms with Crippen molar-refractivity contribution in [2.45, 2.75) is 6.42 Å². The summed E-state index contributed by atoms with van der Waals surface area (Å²) in [4.78, 5) is 23.8. The molecule has 0 radical (unpaired) electrons. The van der Waals surface area contributed by atoms with Crippen LogP contribution in [0.4, 0.5) is 5.69 Å². The topological polar surface area (TPSA) is 79.2 Å². The lowest BCUT2D eigenvalue weighted by atomic mass is 10.1. The summed E-state index contributed by atoms with van der Waals surface area (Å²) < 4.78 is 5.64. The molecule has 1 amide bonds. The second kappa shape index (κ2) is 8.48. The van der Waals surface area contributed by atoms with Crippen molar-refractivity contribution < 1.29 is 14.3 Å². The van der Waals surface area contributed by atoms with Gasteiger partial charge in [0, 0.05) is 10.2 Å². The van der Waals surface area contributed by atoms with Gasteiger partial charge in [0.2, 0.25) is 0 Å². The molecular formula is C17H12BrClN2O3. The van der Waals surface area contributed by atoms with Crippen LogP contribution in [-0.2, 0) is 16.0 Å². The third kappa shape index (κ3) is 5.08. The van der Waals surface area contributed by atoms with Gasteiger partial charge in [-0.05, 0) is 35.9 Å². The minimum atomic E-state index is -0.680. The lowest BCUT2D eigenvalue weighted by Crippen LogP contribution is -2.21. The van der Waals surface area contributed by atoms with Crippen molar-refractivity contribution in [1.29, 1.82) is 5.26 Å². The standard InChI is InChI=1S/C17H12BrClN2O3/c18-12-3-6-15(19)14(9-12)17(23)24-10-16(22)21-13-4-1-11(2-5-13)7-8-20/h1-6,9H,7,10H2,(H,21,22). The van der Waals surface area contributed by atoms with E-state index in [0.29, 0.717) is 16.6 Å². The third-order valence-corrected chi connectivity index (χ3v) is 3.83. The van der Waals surface area contributed by atoms with Crippen LogP contribution in [0.1, 0.15) is 15.9 Å². The Bertz CT molecular complexity index is 800. The third-order valence-electron chi connectivity index (χ3n) is 3.00. The fourth-order valence-electron chi connectivity index (χ4n) is 1.86. The predicted molar refractivity (Wildman–Crippen MR) is 93.8 cm³/mol. The van der Waals surface area contributed by atoms with Crippen molar-refractivity contribution in [2.24, 2.45) is 0 Å². The molecule has 0 bridgehead atoms. The van der Waals surface area contributed by atoms with Crippen molar-refractivity contribution in [3.8, 4) is 6.07 Å². The average molecular weight is 408 g/mol. The Morgan fingerprint density at radius 2 is 1.92 bits per heavy atom. The summed E-state index contributed by atoms with van der Waals surface area (Å²) in [6.07, 6.45) is 0.305. The summed E-state index contributed by atoms with van der Waals surface area (Å²) in [5.41, 5.74) is 1.59. The number of hydrogen-bond donors (Lipinski definition) is 1. The Morgan fingerprint density at radius 3 is 2.58 bits per heavy atom. The lowest BCUT2D eigenvalue weighted by molar-refractivity contribution is -0.119. The number of esters is 1. The quantitative estimate of drug-likeness (QED) is 0.761. The Labute approximate surface area is 152 Å². The fourth-order valence-corrected chi connectivity index (χ4v) is 2.41. The number of halogens is 2. The average Bonchev–Trinajstić information content (AvgIpc) is 2.57. The van der Waals surface area contributed by atoms with Crippen LogP contribution in [0, 0.1) is 11.3 Å². The first-order valence-electron chi connectivity index (χ1n) is 6.87. The van der Waals surface area contributed by atoms with Crippen LogP contribution in [0.25, 0.3) is 0 Å². The van der Waals surface area contributed by atoms with Gasteiger partial charge in [-0.2, -0.15) is 5.26 Å². The van der Waals surface area contributed by atoms with Crippen LogP contribution in [0.15, 0.2) is 46.9 Å². The van der Waals surface area contributed by atoms with Crippen LogP contribution >= 0.6 is 27.5 Å². The zero-order valence-corrected chi connectivity index (χ0v) is 14.7. The Hall–Kier alpha value is -2.36. The zero-order chi connectivity index (χ0) is 17.5. The lowest BCUT2D eigenvalue weighted by Gasteiger charge is -2.08. The highest BCUT2D eigenvalue weighted by atomic mass is 79.9. The molecule has 0 aromatic heterocycles. The largest absolute Gasteiger partial charge is 0.452 e. The smallest absolute Gasteiger partial charge is 0.340 e. The molecule has 0 fully saturated rings. The van der Waals surface area contributed by atoms with Gasteiger partial charge in [0.15, 0.2) is 6.61 Å². The van der Waals surface area contributed by atoms with Gasteiger partial charge in [0.05, 0.1) is 23.1 Å². The molecule has 0 spiro atoms. The fraction of sp³-hybridized carbons (Fsp3) is 0.118. The molecule has 2 rings (SSSR count).